The molecular weight excluding hydrogens is 394 g/mol. The van der Waals surface area contributed by atoms with Crippen molar-refractivity contribution in [2.24, 2.45) is 0 Å². The number of aromatic nitrogens is 1. The van der Waals surface area contributed by atoms with Gasteiger partial charge in [0.2, 0.25) is 5.91 Å². The van der Waals surface area contributed by atoms with Crippen molar-refractivity contribution in [3.05, 3.63) is 40.6 Å². The number of halogens is 3. The Kier molecular flexibility index (Phi) is 6.01. The van der Waals surface area contributed by atoms with E-state index in [-0.39, 0.29) is 27.7 Å². The first-order chi connectivity index (χ1) is 12.5. The first-order valence-corrected chi connectivity index (χ1v) is 11.9. The van der Waals surface area contributed by atoms with E-state index in [4.69, 9.17) is 11.6 Å². The number of methoxy groups -OCH3 is 1. The van der Waals surface area contributed by atoms with Crippen LogP contribution in [0.2, 0.25) is 24.7 Å². The fraction of sp³-hybridized carbons (Fsp3) is 0.278. The van der Waals surface area contributed by atoms with Crippen molar-refractivity contribution in [3.8, 4) is 11.3 Å². The molecule has 0 unspecified atom stereocenters. The van der Waals surface area contributed by atoms with E-state index in [0.29, 0.717) is 5.19 Å². The molecule has 1 amide bonds. The van der Waals surface area contributed by atoms with E-state index in [1.807, 2.05) is 19.6 Å². The molecule has 1 N–H and O–H groups in total. The highest BCUT2D eigenvalue weighted by atomic mass is 35.5. The molecule has 27 heavy (non-hydrogen) atoms. The highest BCUT2D eigenvalue weighted by Gasteiger charge is 2.26. The number of hydrogen-bond acceptors (Lipinski definition) is 4. The van der Waals surface area contributed by atoms with E-state index in [1.165, 1.54) is 25.1 Å². The second-order valence-corrected chi connectivity index (χ2v) is 12.3. The third-order valence-corrected chi connectivity index (χ3v) is 6.20. The van der Waals surface area contributed by atoms with Crippen LogP contribution < -0.4 is 10.5 Å². The predicted octanol–water partition coefficient (Wildman–Crippen LogP) is 3.97. The molecule has 0 fully saturated rings. The molecule has 0 saturated carbocycles. The lowest BCUT2D eigenvalue weighted by Gasteiger charge is -2.19. The number of carbonyl (C=O) groups is 2. The Morgan fingerprint density at radius 3 is 2.33 bits per heavy atom. The lowest BCUT2D eigenvalue weighted by Crippen LogP contribution is -2.40. The lowest BCUT2D eigenvalue weighted by atomic mass is 10.1. The molecule has 1 aromatic carbocycles. The largest absolute Gasteiger partial charge is 0.464 e. The Labute approximate surface area is 161 Å². The molecule has 2 rings (SSSR count). The van der Waals surface area contributed by atoms with Gasteiger partial charge >= 0.3 is 5.97 Å². The molecule has 0 aliphatic heterocycles. The summed E-state index contributed by atoms with van der Waals surface area (Å²) in [6.07, 6.45) is 0. The molecule has 0 aliphatic carbocycles. The van der Waals surface area contributed by atoms with Crippen molar-refractivity contribution in [1.29, 1.82) is 0 Å². The molecule has 5 nitrogen and oxygen atoms in total. The second kappa shape index (κ2) is 7.73. The fourth-order valence-corrected chi connectivity index (χ4v) is 4.08. The second-order valence-electron chi connectivity index (χ2n) is 6.93. The van der Waals surface area contributed by atoms with Gasteiger partial charge in [0, 0.05) is 12.5 Å². The van der Waals surface area contributed by atoms with Gasteiger partial charge in [-0.05, 0) is 17.3 Å². The number of esters is 1. The van der Waals surface area contributed by atoms with Gasteiger partial charge in [-0.3, -0.25) is 4.79 Å². The van der Waals surface area contributed by atoms with Gasteiger partial charge in [0.25, 0.3) is 0 Å². The Hall–Kier alpha value is -2.32. The van der Waals surface area contributed by atoms with Crippen LogP contribution in [0.25, 0.3) is 11.3 Å². The molecule has 0 atom stereocenters. The number of rotatable bonds is 4. The van der Waals surface area contributed by atoms with E-state index in [1.54, 1.807) is 0 Å². The summed E-state index contributed by atoms with van der Waals surface area (Å²) in [4.78, 5) is 27.4. The van der Waals surface area contributed by atoms with E-state index >= 15 is 0 Å². The summed E-state index contributed by atoms with van der Waals surface area (Å²) in [7, 11) is -0.964. The number of nitrogens with one attached hydrogen (secondary N) is 1. The predicted molar refractivity (Wildman–Crippen MR) is 103 cm³/mol. The smallest absolute Gasteiger partial charge is 0.358 e. The molecule has 0 radical (unpaired) electrons. The van der Waals surface area contributed by atoms with Gasteiger partial charge in [0.05, 0.1) is 31.6 Å². The van der Waals surface area contributed by atoms with Crippen LogP contribution in [0.1, 0.15) is 17.4 Å². The summed E-state index contributed by atoms with van der Waals surface area (Å²) in [6, 6.07) is 4.20. The molecular formula is C18H19ClF2N2O3Si. The highest BCUT2D eigenvalue weighted by Crippen LogP contribution is 2.32. The van der Waals surface area contributed by atoms with Crippen LogP contribution in [0.5, 0.6) is 0 Å². The van der Waals surface area contributed by atoms with Gasteiger partial charge < -0.3 is 10.1 Å². The zero-order valence-electron chi connectivity index (χ0n) is 15.5. The number of benzene rings is 1. The van der Waals surface area contributed by atoms with Gasteiger partial charge in [-0.15, -0.1) is 0 Å². The molecule has 0 bridgehead atoms. The minimum atomic E-state index is -2.10. The highest BCUT2D eigenvalue weighted by molar-refractivity contribution is 6.88. The standard InChI is InChI=1S/C18H19ClF2N2O3Si/c1-9(24)22-12-8-11(23-17(14(12)19)18(25)26-2)10-6-7-13(27(3,4)5)16(21)15(10)20/h6-8H,1-5H3,(H,22,23,24). The molecule has 0 spiro atoms. The van der Waals surface area contributed by atoms with Crippen molar-refractivity contribution < 1.29 is 23.1 Å². The average Bonchev–Trinajstić information content (AvgIpc) is 2.57. The SMILES string of the molecule is COC(=O)c1nc(-c2ccc([Si](C)(C)C)c(F)c2F)cc(NC(C)=O)c1Cl. The maximum Gasteiger partial charge on any atom is 0.358 e. The van der Waals surface area contributed by atoms with Crippen molar-refractivity contribution in [2.75, 3.05) is 12.4 Å². The van der Waals surface area contributed by atoms with Crippen molar-refractivity contribution in [3.63, 3.8) is 0 Å². The minimum absolute atomic E-state index is 0.0450. The summed E-state index contributed by atoms with van der Waals surface area (Å²) in [5.41, 5.74) is -0.469. The Balaban J connectivity index is 2.73. The Bertz CT molecular complexity index is 930. The summed E-state index contributed by atoms with van der Waals surface area (Å²) in [5, 5.41) is 2.63. The summed E-state index contributed by atoms with van der Waals surface area (Å²) >= 11 is 6.10. The van der Waals surface area contributed by atoms with E-state index in [2.05, 4.69) is 15.0 Å². The molecule has 9 heteroatoms. The number of ether oxygens (including phenoxy) is 1. The molecule has 1 aromatic heterocycles. The van der Waals surface area contributed by atoms with Crippen molar-refractivity contribution >= 4 is 42.4 Å². The van der Waals surface area contributed by atoms with E-state index in [9.17, 15) is 18.4 Å². The average molecular weight is 413 g/mol. The van der Waals surface area contributed by atoms with E-state index < -0.39 is 31.6 Å². The summed E-state index contributed by atoms with van der Waals surface area (Å²) < 4.78 is 34.0. The molecule has 0 aliphatic rings. The number of hydrogen-bond donors (Lipinski definition) is 1. The topological polar surface area (TPSA) is 68.3 Å². The monoisotopic (exact) mass is 412 g/mol. The third-order valence-electron chi connectivity index (χ3n) is 3.81. The number of pyridine rings is 1. The van der Waals surface area contributed by atoms with Crippen LogP contribution in [0.15, 0.2) is 18.2 Å². The van der Waals surface area contributed by atoms with Gasteiger partial charge in [0.1, 0.15) is 0 Å². The first kappa shape index (κ1) is 21.0. The van der Waals surface area contributed by atoms with Crippen LogP contribution in [-0.2, 0) is 9.53 Å². The van der Waals surface area contributed by atoms with Gasteiger partial charge in [0.15, 0.2) is 17.3 Å². The zero-order valence-corrected chi connectivity index (χ0v) is 17.3. The number of amides is 1. The minimum Gasteiger partial charge on any atom is -0.464 e. The van der Waals surface area contributed by atoms with Gasteiger partial charge in [-0.1, -0.05) is 37.3 Å². The molecule has 1 heterocycles. The van der Waals surface area contributed by atoms with Crippen molar-refractivity contribution in [2.45, 2.75) is 26.6 Å². The molecule has 144 valence electrons. The maximum atomic E-state index is 14.8. The van der Waals surface area contributed by atoms with Crippen LogP contribution in [0.3, 0.4) is 0 Å². The number of anilines is 1. The fourth-order valence-electron chi connectivity index (χ4n) is 2.51. The molecule has 2 aromatic rings. The van der Waals surface area contributed by atoms with Crippen LogP contribution in [0, 0.1) is 11.6 Å². The Morgan fingerprint density at radius 1 is 1.19 bits per heavy atom. The quantitative estimate of drug-likeness (QED) is 0.609. The first-order valence-electron chi connectivity index (χ1n) is 8.02. The normalized spacial score (nSPS) is 11.3. The van der Waals surface area contributed by atoms with Gasteiger partial charge in [-0.2, -0.15) is 0 Å². The Morgan fingerprint density at radius 2 is 1.81 bits per heavy atom. The van der Waals surface area contributed by atoms with Crippen LogP contribution in [-0.4, -0.2) is 32.0 Å². The number of nitrogens with zero attached hydrogens (tertiary/aromatic N) is 1. The van der Waals surface area contributed by atoms with Crippen LogP contribution in [0.4, 0.5) is 14.5 Å². The van der Waals surface area contributed by atoms with E-state index in [0.717, 1.165) is 7.11 Å². The number of carbonyl (C=O) groups excluding carboxylic acids is 2. The van der Waals surface area contributed by atoms with Crippen LogP contribution >= 0.6 is 11.6 Å². The zero-order chi connectivity index (χ0) is 20.5. The maximum absolute atomic E-state index is 14.8. The third kappa shape index (κ3) is 4.33. The summed E-state index contributed by atoms with van der Waals surface area (Å²) in [5.74, 6) is -3.34. The van der Waals surface area contributed by atoms with Gasteiger partial charge in [-0.25, -0.2) is 18.6 Å². The summed E-state index contributed by atoms with van der Waals surface area (Å²) in [6.45, 7) is 6.94. The van der Waals surface area contributed by atoms with Crippen molar-refractivity contribution in [1.82, 2.24) is 4.98 Å². The molecule has 0 saturated heterocycles. The lowest BCUT2D eigenvalue weighted by molar-refractivity contribution is -0.114.